The number of hydrogen-bond donors (Lipinski definition) is 1. The number of rotatable bonds is 12. The Labute approximate surface area is 130 Å². The lowest BCUT2D eigenvalue weighted by molar-refractivity contribution is -0.108. The molecule has 0 saturated carbocycles. The highest BCUT2D eigenvalue weighted by molar-refractivity contribution is 5.53. The SMILES string of the molecule is C=C/C(=C(\C=C/C)NC=O)N(C)C(CCC)CCCCC. The molecule has 1 atom stereocenters. The summed E-state index contributed by atoms with van der Waals surface area (Å²) in [5, 5.41) is 2.78. The van der Waals surface area contributed by atoms with E-state index in [0.717, 1.165) is 30.6 Å². The van der Waals surface area contributed by atoms with Gasteiger partial charge in [0.25, 0.3) is 0 Å². The first-order chi connectivity index (χ1) is 10.2. The first-order valence-electron chi connectivity index (χ1n) is 8.08. The highest BCUT2D eigenvalue weighted by Crippen LogP contribution is 2.20. The van der Waals surface area contributed by atoms with Gasteiger partial charge >= 0.3 is 0 Å². The molecule has 0 aromatic heterocycles. The fourth-order valence-electron chi connectivity index (χ4n) is 2.57. The molecule has 0 spiro atoms. The summed E-state index contributed by atoms with van der Waals surface area (Å²) in [6.07, 6.45) is 13.6. The first kappa shape index (κ1) is 19.5. The highest BCUT2D eigenvalue weighted by atomic mass is 16.1. The van der Waals surface area contributed by atoms with Crippen molar-refractivity contribution in [1.82, 2.24) is 10.2 Å². The zero-order chi connectivity index (χ0) is 16.1. The third-order valence-corrected chi connectivity index (χ3v) is 3.71. The monoisotopic (exact) mass is 292 g/mol. The van der Waals surface area contributed by atoms with Crippen LogP contribution in [0.3, 0.4) is 0 Å². The Kier molecular flexibility index (Phi) is 11.4. The fourth-order valence-corrected chi connectivity index (χ4v) is 2.57. The van der Waals surface area contributed by atoms with Gasteiger partial charge in [0.05, 0.1) is 11.4 Å². The van der Waals surface area contributed by atoms with Crippen molar-refractivity contribution in [3.8, 4) is 0 Å². The molecule has 21 heavy (non-hydrogen) atoms. The summed E-state index contributed by atoms with van der Waals surface area (Å²) in [5.41, 5.74) is 1.79. The fraction of sp³-hybridized carbons (Fsp3) is 0.611. The standard InChI is InChI=1S/C18H32N2O/c1-6-10-11-14-16(12-7-2)20(5)18(9-4)17(13-8-3)19-15-21/h8-9,13,15-16H,4,6-7,10-12,14H2,1-3,5H3,(H,19,21)/b13-8-,18-17-. The summed E-state index contributed by atoms with van der Waals surface area (Å²) >= 11 is 0. The zero-order valence-electron chi connectivity index (χ0n) is 14.2. The van der Waals surface area contributed by atoms with Crippen LogP contribution in [0.15, 0.2) is 36.2 Å². The van der Waals surface area contributed by atoms with Crippen molar-refractivity contribution >= 4 is 6.41 Å². The van der Waals surface area contributed by atoms with Gasteiger partial charge in [0, 0.05) is 13.1 Å². The maximum atomic E-state index is 10.8. The molecule has 0 aromatic rings. The molecule has 0 fully saturated rings. The molecule has 120 valence electrons. The van der Waals surface area contributed by atoms with Gasteiger partial charge in [-0.05, 0) is 31.9 Å². The number of hydrogen-bond acceptors (Lipinski definition) is 2. The Hall–Kier alpha value is -1.51. The molecule has 0 aromatic carbocycles. The molecule has 0 aliphatic rings. The molecule has 1 unspecified atom stereocenters. The van der Waals surface area contributed by atoms with E-state index in [1.54, 1.807) is 0 Å². The maximum Gasteiger partial charge on any atom is 0.211 e. The molecule has 1 N–H and O–H groups in total. The Morgan fingerprint density at radius 3 is 2.43 bits per heavy atom. The second-order valence-electron chi connectivity index (χ2n) is 5.31. The lowest BCUT2D eigenvalue weighted by atomic mass is 10.0. The van der Waals surface area contributed by atoms with Crippen LogP contribution in [0.25, 0.3) is 0 Å². The van der Waals surface area contributed by atoms with E-state index in [4.69, 9.17) is 0 Å². The normalized spacial score (nSPS) is 13.7. The average molecular weight is 292 g/mol. The molecular weight excluding hydrogens is 260 g/mol. The smallest absolute Gasteiger partial charge is 0.211 e. The van der Waals surface area contributed by atoms with Crippen molar-refractivity contribution in [2.75, 3.05) is 7.05 Å². The number of nitrogens with one attached hydrogen (secondary N) is 1. The third kappa shape index (κ3) is 7.16. The molecule has 0 rings (SSSR count). The summed E-state index contributed by atoms with van der Waals surface area (Å²) in [7, 11) is 2.10. The molecule has 3 nitrogen and oxygen atoms in total. The van der Waals surface area contributed by atoms with E-state index in [2.05, 4.69) is 37.7 Å². The van der Waals surface area contributed by atoms with Gasteiger partial charge in [0.1, 0.15) is 0 Å². The van der Waals surface area contributed by atoms with Crippen molar-refractivity contribution in [1.29, 1.82) is 0 Å². The lowest BCUT2D eigenvalue weighted by Gasteiger charge is -2.32. The van der Waals surface area contributed by atoms with Crippen LogP contribution in [0, 0.1) is 0 Å². The van der Waals surface area contributed by atoms with Gasteiger partial charge in [0.15, 0.2) is 0 Å². The van der Waals surface area contributed by atoms with Gasteiger partial charge in [-0.2, -0.15) is 0 Å². The number of allylic oxidation sites excluding steroid dienone is 3. The summed E-state index contributed by atoms with van der Waals surface area (Å²) < 4.78 is 0. The van der Waals surface area contributed by atoms with Crippen molar-refractivity contribution in [2.45, 2.75) is 65.3 Å². The Balaban J connectivity index is 5.20. The molecular formula is C18H32N2O. The lowest BCUT2D eigenvalue weighted by Crippen LogP contribution is -2.32. The van der Waals surface area contributed by atoms with Gasteiger partial charge in [-0.3, -0.25) is 4.79 Å². The minimum absolute atomic E-state index is 0.489. The van der Waals surface area contributed by atoms with E-state index in [1.807, 2.05) is 25.2 Å². The Bertz CT molecular complexity index is 358. The van der Waals surface area contributed by atoms with E-state index < -0.39 is 0 Å². The second kappa shape index (κ2) is 12.2. The van der Waals surface area contributed by atoms with Gasteiger partial charge in [0.2, 0.25) is 6.41 Å². The van der Waals surface area contributed by atoms with Gasteiger partial charge in [-0.1, -0.05) is 52.2 Å². The van der Waals surface area contributed by atoms with Crippen LogP contribution < -0.4 is 5.32 Å². The molecule has 0 bridgehead atoms. The summed E-state index contributed by atoms with van der Waals surface area (Å²) in [6.45, 7) is 10.3. The van der Waals surface area contributed by atoms with Crippen LogP contribution in [-0.2, 0) is 4.79 Å². The second-order valence-corrected chi connectivity index (χ2v) is 5.31. The summed E-state index contributed by atoms with van der Waals surface area (Å²) in [6, 6.07) is 0.489. The van der Waals surface area contributed by atoms with Crippen molar-refractivity contribution in [2.24, 2.45) is 0 Å². The van der Waals surface area contributed by atoms with Crippen molar-refractivity contribution < 1.29 is 4.79 Å². The molecule has 0 aliphatic heterocycles. The van der Waals surface area contributed by atoms with Crippen LogP contribution >= 0.6 is 0 Å². The van der Waals surface area contributed by atoms with Gasteiger partial charge in [-0.15, -0.1) is 0 Å². The minimum atomic E-state index is 0.489. The van der Waals surface area contributed by atoms with Crippen LogP contribution in [0.1, 0.15) is 59.3 Å². The summed E-state index contributed by atoms with van der Waals surface area (Å²) in [4.78, 5) is 13.1. The largest absolute Gasteiger partial charge is 0.370 e. The quantitative estimate of drug-likeness (QED) is 0.329. The molecule has 0 aliphatic carbocycles. The summed E-state index contributed by atoms with van der Waals surface area (Å²) in [5.74, 6) is 0. The van der Waals surface area contributed by atoms with E-state index in [-0.39, 0.29) is 0 Å². The number of carbonyl (C=O) groups excluding carboxylic acids is 1. The number of nitrogens with zero attached hydrogens (tertiary/aromatic N) is 1. The maximum absolute atomic E-state index is 10.8. The van der Waals surface area contributed by atoms with E-state index in [0.29, 0.717) is 6.04 Å². The van der Waals surface area contributed by atoms with Crippen molar-refractivity contribution in [3.05, 3.63) is 36.2 Å². The van der Waals surface area contributed by atoms with Crippen LogP contribution in [0.2, 0.25) is 0 Å². The minimum Gasteiger partial charge on any atom is -0.370 e. The van der Waals surface area contributed by atoms with E-state index in [1.165, 1.54) is 25.7 Å². The number of likely N-dealkylation sites (N-methyl/N-ethyl adjacent to an activating group) is 1. The predicted octanol–water partition coefficient (Wildman–Crippen LogP) is 4.39. The molecule has 0 heterocycles. The van der Waals surface area contributed by atoms with Crippen LogP contribution in [0.4, 0.5) is 0 Å². The van der Waals surface area contributed by atoms with Crippen LogP contribution in [0.5, 0.6) is 0 Å². The van der Waals surface area contributed by atoms with E-state index in [9.17, 15) is 4.79 Å². The molecule has 1 amide bonds. The topological polar surface area (TPSA) is 32.3 Å². The third-order valence-electron chi connectivity index (χ3n) is 3.71. The highest BCUT2D eigenvalue weighted by Gasteiger charge is 2.16. The first-order valence-corrected chi connectivity index (χ1v) is 8.08. The average Bonchev–Trinajstić information content (AvgIpc) is 2.47. The Morgan fingerprint density at radius 2 is 1.95 bits per heavy atom. The number of carbonyl (C=O) groups is 1. The number of unbranched alkanes of at least 4 members (excludes halogenated alkanes) is 2. The molecule has 3 heteroatoms. The van der Waals surface area contributed by atoms with E-state index >= 15 is 0 Å². The van der Waals surface area contributed by atoms with Crippen LogP contribution in [-0.4, -0.2) is 24.4 Å². The van der Waals surface area contributed by atoms with Gasteiger partial charge in [-0.25, -0.2) is 0 Å². The predicted molar refractivity (Wildman–Crippen MR) is 91.8 cm³/mol. The van der Waals surface area contributed by atoms with Crippen molar-refractivity contribution in [3.63, 3.8) is 0 Å². The van der Waals surface area contributed by atoms with Gasteiger partial charge < -0.3 is 10.2 Å². The molecule has 0 saturated heterocycles. The molecule has 0 radical (unpaired) electrons. The zero-order valence-corrected chi connectivity index (χ0v) is 14.2. The Morgan fingerprint density at radius 1 is 1.24 bits per heavy atom. The number of amides is 1.